The molecule has 0 spiro atoms. The van der Waals surface area contributed by atoms with Crippen LogP contribution in [0.25, 0.3) is 0 Å². The maximum Gasteiger partial charge on any atom is 0.243 e. The lowest BCUT2D eigenvalue weighted by molar-refractivity contribution is -0.140. The average Bonchev–Trinajstić information content (AvgIpc) is 2.79. The molecule has 0 aromatic heterocycles. The van der Waals surface area contributed by atoms with E-state index in [-0.39, 0.29) is 30.6 Å². The maximum absolute atomic E-state index is 13.5. The zero-order chi connectivity index (χ0) is 23.8. The lowest BCUT2D eigenvalue weighted by atomic mass is 10.0. The van der Waals surface area contributed by atoms with Crippen LogP contribution in [0.1, 0.15) is 23.6 Å². The minimum absolute atomic E-state index is 0.0240. The summed E-state index contributed by atoms with van der Waals surface area (Å²) in [5.41, 5.74) is 2.26. The molecular weight excluding hydrogens is 462 g/mol. The summed E-state index contributed by atoms with van der Waals surface area (Å²) < 4.78 is 13.3. The Hall–Kier alpha value is -2.89. The third-order valence-corrected chi connectivity index (χ3v) is 5.83. The number of halogens is 3. The Bertz CT molecular complexity index is 1090. The maximum atomic E-state index is 13.5. The van der Waals surface area contributed by atoms with Gasteiger partial charge in [-0.3, -0.25) is 9.59 Å². The van der Waals surface area contributed by atoms with Crippen LogP contribution >= 0.6 is 23.2 Å². The van der Waals surface area contributed by atoms with Gasteiger partial charge >= 0.3 is 0 Å². The highest BCUT2D eigenvalue weighted by Gasteiger charge is 2.30. The van der Waals surface area contributed by atoms with Gasteiger partial charge in [-0.05, 0) is 47.9 Å². The zero-order valence-electron chi connectivity index (χ0n) is 18.2. The van der Waals surface area contributed by atoms with Crippen LogP contribution in [0.3, 0.4) is 0 Å². The zero-order valence-corrected chi connectivity index (χ0v) is 19.7. The topological polar surface area (TPSA) is 49.4 Å². The van der Waals surface area contributed by atoms with E-state index in [1.165, 1.54) is 17.0 Å². The monoisotopic (exact) mass is 486 g/mol. The number of nitrogens with zero attached hydrogens (tertiary/aromatic N) is 1. The summed E-state index contributed by atoms with van der Waals surface area (Å²) in [6.45, 7) is 2.40. The smallest absolute Gasteiger partial charge is 0.243 e. The van der Waals surface area contributed by atoms with Crippen molar-refractivity contribution in [2.24, 2.45) is 0 Å². The number of hydrogen-bond donors (Lipinski definition) is 1. The van der Waals surface area contributed by atoms with Crippen molar-refractivity contribution in [2.75, 3.05) is 6.54 Å². The van der Waals surface area contributed by atoms with E-state index in [0.717, 1.165) is 5.56 Å². The Morgan fingerprint density at radius 2 is 1.67 bits per heavy atom. The first-order valence-electron chi connectivity index (χ1n) is 10.7. The van der Waals surface area contributed by atoms with Gasteiger partial charge in [-0.15, -0.1) is 0 Å². The van der Waals surface area contributed by atoms with Gasteiger partial charge in [-0.1, -0.05) is 71.7 Å². The molecule has 0 bridgehead atoms. The highest BCUT2D eigenvalue weighted by molar-refractivity contribution is 6.35. The van der Waals surface area contributed by atoms with Crippen LogP contribution < -0.4 is 5.32 Å². The number of nitrogens with one attached hydrogen (secondary N) is 1. The molecule has 7 heteroatoms. The van der Waals surface area contributed by atoms with Crippen molar-refractivity contribution in [1.82, 2.24) is 10.2 Å². The van der Waals surface area contributed by atoms with Crippen LogP contribution in [0.2, 0.25) is 10.0 Å². The highest BCUT2D eigenvalue weighted by Crippen LogP contribution is 2.24. The van der Waals surface area contributed by atoms with Crippen LogP contribution in [0.5, 0.6) is 0 Å². The van der Waals surface area contributed by atoms with Gasteiger partial charge in [0.25, 0.3) is 0 Å². The van der Waals surface area contributed by atoms with Crippen molar-refractivity contribution in [3.05, 3.63) is 105 Å². The second-order valence-corrected chi connectivity index (χ2v) is 8.50. The first-order valence-corrected chi connectivity index (χ1v) is 11.4. The average molecular weight is 487 g/mol. The molecule has 0 aliphatic heterocycles. The number of benzene rings is 3. The van der Waals surface area contributed by atoms with Crippen molar-refractivity contribution < 1.29 is 14.0 Å². The molecule has 0 saturated heterocycles. The van der Waals surface area contributed by atoms with Crippen molar-refractivity contribution in [1.29, 1.82) is 0 Å². The van der Waals surface area contributed by atoms with Gasteiger partial charge < -0.3 is 10.2 Å². The second-order valence-electron chi connectivity index (χ2n) is 7.66. The standard InChI is InChI=1S/C26H25Cl2FN2O2/c1-2-30-26(33)24(14-18-6-4-3-5-7-18)31(17-20-10-11-21(27)16-23(20)28)25(32)15-19-8-12-22(29)13-9-19/h3-13,16,24H,2,14-15,17H2,1H3,(H,30,33). The van der Waals surface area contributed by atoms with E-state index in [4.69, 9.17) is 23.2 Å². The number of rotatable bonds is 9. The Morgan fingerprint density at radius 1 is 0.970 bits per heavy atom. The van der Waals surface area contributed by atoms with E-state index in [1.54, 1.807) is 30.3 Å². The fourth-order valence-electron chi connectivity index (χ4n) is 3.56. The summed E-state index contributed by atoms with van der Waals surface area (Å²) in [4.78, 5) is 28.2. The van der Waals surface area contributed by atoms with Crippen molar-refractivity contribution in [2.45, 2.75) is 32.4 Å². The quantitative estimate of drug-likeness (QED) is 0.437. The number of hydrogen-bond acceptors (Lipinski definition) is 2. The molecule has 1 atom stereocenters. The summed E-state index contributed by atoms with van der Waals surface area (Å²) in [6.07, 6.45) is 0.364. The minimum atomic E-state index is -0.757. The highest BCUT2D eigenvalue weighted by atomic mass is 35.5. The Kier molecular flexibility index (Phi) is 8.87. The fourth-order valence-corrected chi connectivity index (χ4v) is 4.03. The van der Waals surface area contributed by atoms with E-state index < -0.39 is 6.04 Å². The number of likely N-dealkylation sites (N-methyl/N-ethyl adjacent to an activating group) is 1. The summed E-state index contributed by atoms with van der Waals surface area (Å²) in [6, 6.07) is 19.6. The second kappa shape index (κ2) is 11.8. The molecule has 172 valence electrons. The largest absolute Gasteiger partial charge is 0.355 e. The lowest BCUT2D eigenvalue weighted by Gasteiger charge is -2.32. The number of amides is 2. The SMILES string of the molecule is CCNC(=O)C(Cc1ccccc1)N(Cc1ccc(Cl)cc1Cl)C(=O)Cc1ccc(F)cc1. The van der Waals surface area contributed by atoms with Crippen molar-refractivity contribution in [3.63, 3.8) is 0 Å². The molecule has 0 saturated carbocycles. The van der Waals surface area contributed by atoms with E-state index in [0.29, 0.717) is 34.1 Å². The molecule has 1 unspecified atom stereocenters. The van der Waals surface area contributed by atoms with E-state index in [9.17, 15) is 14.0 Å². The van der Waals surface area contributed by atoms with Gasteiger partial charge in [0.1, 0.15) is 11.9 Å². The lowest BCUT2D eigenvalue weighted by Crippen LogP contribution is -2.51. The Balaban J connectivity index is 1.97. The van der Waals surface area contributed by atoms with Gasteiger partial charge in [-0.25, -0.2) is 4.39 Å². The Morgan fingerprint density at radius 3 is 2.30 bits per heavy atom. The van der Waals surface area contributed by atoms with E-state index in [2.05, 4.69) is 5.32 Å². The van der Waals surface area contributed by atoms with Crippen LogP contribution in [-0.2, 0) is 29.0 Å². The summed E-state index contributed by atoms with van der Waals surface area (Å²) in [5.74, 6) is -0.890. The van der Waals surface area contributed by atoms with E-state index in [1.807, 2.05) is 37.3 Å². The van der Waals surface area contributed by atoms with Crippen molar-refractivity contribution >= 4 is 35.0 Å². The number of carbonyl (C=O) groups excluding carboxylic acids is 2. The number of carbonyl (C=O) groups is 2. The first kappa shape index (κ1) is 24.7. The van der Waals surface area contributed by atoms with Gasteiger partial charge in [0.15, 0.2) is 0 Å². The van der Waals surface area contributed by atoms with E-state index >= 15 is 0 Å². The summed E-state index contributed by atoms with van der Waals surface area (Å²) in [5, 5.41) is 3.74. The molecule has 2 amide bonds. The van der Waals surface area contributed by atoms with Gasteiger partial charge in [0.05, 0.1) is 6.42 Å². The van der Waals surface area contributed by atoms with Crippen molar-refractivity contribution in [3.8, 4) is 0 Å². The molecule has 1 N–H and O–H groups in total. The van der Waals surface area contributed by atoms with Gasteiger partial charge in [0, 0.05) is 29.6 Å². The van der Waals surface area contributed by atoms with Crippen LogP contribution in [-0.4, -0.2) is 29.3 Å². The molecule has 33 heavy (non-hydrogen) atoms. The van der Waals surface area contributed by atoms with Gasteiger partial charge in [0.2, 0.25) is 11.8 Å². The first-order chi connectivity index (χ1) is 15.9. The summed E-state index contributed by atoms with van der Waals surface area (Å²) in [7, 11) is 0. The molecule has 4 nitrogen and oxygen atoms in total. The predicted octanol–water partition coefficient (Wildman–Crippen LogP) is 5.45. The molecule has 0 aliphatic carbocycles. The van der Waals surface area contributed by atoms with Crippen LogP contribution in [0.15, 0.2) is 72.8 Å². The fraction of sp³-hybridized carbons (Fsp3) is 0.231. The molecule has 3 aromatic carbocycles. The molecular formula is C26H25Cl2FN2O2. The molecule has 3 aromatic rings. The summed E-state index contributed by atoms with van der Waals surface area (Å²) >= 11 is 12.4. The predicted molar refractivity (Wildman–Crippen MR) is 130 cm³/mol. The molecule has 3 rings (SSSR count). The minimum Gasteiger partial charge on any atom is -0.355 e. The van der Waals surface area contributed by atoms with Crippen LogP contribution in [0, 0.1) is 5.82 Å². The molecule has 0 radical (unpaired) electrons. The third kappa shape index (κ3) is 7.04. The normalized spacial score (nSPS) is 11.6. The third-order valence-electron chi connectivity index (χ3n) is 5.25. The molecule has 0 fully saturated rings. The molecule has 0 aliphatic rings. The van der Waals surface area contributed by atoms with Gasteiger partial charge in [-0.2, -0.15) is 0 Å². The van der Waals surface area contributed by atoms with Crippen LogP contribution in [0.4, 0.5) is 4.39 Å². The molecule has 0 heterocycles. The Labute approximate surface area is 203 Å².